The molecule has 5 heteroatoms. The predicted molar refractivity (Wildman–Crippen MR) is 74.4 cm³/mol. The lowest BCUT2D eigenvalue weighted by atomic mass is 9.90. The summed E-state index contributed by atoms with van der Waals surface area (Å²) >= 11 is 12.1. The Kier molecular flexibility index (Phi) is 5.02. The standard InChI is InChI=1S/C13H17Cl2NO2/c1-4-16(5-2)13(3,12(17)18)10-8-9(14)6-7-11(10)15/h6-8H,4-5H2,1-3H3,(H,17,18). The fraction of sp³-hybridized carbons (Fsp3) is 0.462. The first-order valence-corrected chi connectivity index (χ1v) is 6.57. The number of carboxylic acid groups (broad SMARTS) is 1. The molecule has 0 heterocycles. The quantitative estimate of drug-likeness (QED) is 0.900. The Morgan fingerprint density at radius 2 is 1.89 bits per heavy atom. The minimum absolute atomic E-state index is 0.413. The average Bonchev–Trinajstić information content (AvgIpc) is 2.33. The molecule has 1 aromatic rings. The Balaban J connectivity index is 3.44. The lowest BCUT2D eigenvalue weighted by Crippen LogP contribution is -2.49. The maximum atomic E-state index is 11.7. The van der Waals surface area contributed by atoms with Crippen LogP contribution in [0.4, 0.5) is 0 Å². The molecule has 100 valence electrons. The molecule has 0 aliphatic heterocycles. The van der Waals surface area contributed by atoms with Crippen LogP contribution in [-0.2, 0) is 10.3 Å². The Morgan fingerprint density at radius 1 is 1.33 bits per heavy atom. The summed E-state index contributed by atoms with van der Waals surface area (Å²) < 4.78 is 0. The summed E-state index contributed by atoms with van der Waals surface area (Å²) in [7, 11) is 0. The second-order valence-corrected chi connectivity index (χ2v) is 5.02. The number of halogens is 2. The van der Waals surface area contributed by atoms with E-state index in [-0.39, 0.29) is 0 Å². The second-order valence-electron chi connectivity index (χ2n) is 4.17. The van der Waals surface area contributed by atoms with E-state index < -0.39 is 11.5 Å². The van der Waals surface area contributed by atoms with E-state index in [0.29, 0.717) is 28.7 Å². The van der Waals surface area contributed by atoms with Crippen LogP contribution in [-0.4, -0.2) is 29.1 Å². The molecule has 3 nitrogen and oxygen atoms in total. The highest BCUT2D eigenvalue weighted by molar-refractivity contribution is 6.33. The Morgan fingerprint density at radius 3 is 2.33 bits per heavy atom. The van der Waals surface area contributed by atoms with Gasteiger partial charge in [0, 0.05) is 15.6 Å². The van der Waals surface area contributed by atoms with Gasteiger partial charge in [-0.1, -0.05) is 37.0 Å². The monoisotopic (exact) mass is 289 g/mol. The van der Waals surface area contributed by atoms with Crippen molar-refractivity contribution >= 4 is 29.2 Å². The molecule has 1 aromatic carbocycles. The maximum absolute atomic E-state index is 11.7. The first kappa shape index (κ1) is 15.3. The van der Waals surface area contributed by atoms with E-state index in [2.05, 4.69) is 0 Å². The molecule has 1 atom stereocenters. The third-order valence-corrected chi connectivity index (χ3v) is 3.83. The van der Waals surface area contributed by atoms with Gasteiger partial charge in [-0.2, -0.15) is 0 Å². The van der Waals surface area contributed by atoms with Crippen LogP contribution in [0, 0.1) is 0 Å². The van der Waals surface area contributed by atoms with Gasteiger partial charge in [0.05, 0.1) is 0 Å². The largest absolute Gasteiger partial charge is 0.480 e. The number of benzene rings is 1. The highest BCUT2D eigenvalue weighted by atomic mass is 35.5. The third kappa shape index (κ3) is 2.63. The van der Waals surface area contributed by atoms with Crippen LogP contribution in [0.2, 0.25) is 10.0 Å². The first-order valence-electron chi connectivity index (χ1n) is 5.81. The predicted octanol–water partition coefficient (Wildman–Crippen LogP) is 3.64. The van der Waals surface area contributed by atoms with Crippen LogP contribution < -0.4 is 0 Å². The smallest absolute Gasteiger partial charge is 0.328 e. The van der Waals surface area contributed by atoms with Gasteiger partial charge >= 0.3 is 5.97 Å². The fourth-order valence-corrected chi connectivity index (χ4v) is 2.62. The van der Waals surface area contributed by atoms with E-state index in [1.54, 1.807) is 25.1 Å². The SMILES string of the molecule is CCN(CC)C(C)(C(=O)O)c1cc(Cl)ccc1Cl. The molecule has 0 bridgehead atoms. The molecule has 18 heavy (non-hydrogen) atoms. The fourth-order valence-electron chi connectivity index (χ4n) is 2.15. The normalized spacial score (nSPS) is 14.6. The molecular formula is C13H17Cl2NO2. The van der Waals surface area contributed by atoms with Crippen molar-refractivity contribution in [1.29, 1.82) is 0 Å². The van der Waals surface area contributed by atoms with Gasteiger partial charge in [-0.05, 0) is 38.2 Å². The van der Waals surface area contributed by atoms with Crippen LogP contribution in [0.15, 0.2) is 18.2 Å². The van der Waals surface area contributed by atoms with Gasteiger partial charge in [0.15, 0.2) is 0 Å². The Hall–Kier alpha value is -0.770. The number of aliphatic carboxylic acids is 1. The Bertz CT molecular complexity index is 447. The summed E-state index contributed by atoms with van der Waals surface area (Å²) in [5.74, 6) is -0.935. The van der Waals surface area contributed by atoms with E-state index in [1.165, 1.54) is 0 Å². The second kappa shape index (κ2) is 5.91. The average molecular weight is 290 g/mol. The van der Waals surface area contributed by atoms with Crippen molar-refractivity contribution in [1.82, 2.24) is 4.90 Å². The summed E-state index contributed by atoms with van der Waals surface area (Å²) in [6, 6.07) is 4.90. The van der Waals surface area contributed by atoms with E-state index in [1.807, 2.05) is 18.7 Å². The van der Waals surface area contributed by atoms with Gasteiger partial charge in [0.25, 0.3) is 0 Å². The van der Waals surface area contributed by atoms with Crippen molar-refractivity contribution in [2.75, 3.05) is 13.1 Å². The lowest BCUT2D eigenvalue weighted by Gasteiger charge is -2.37. The molecule has 0 radical (unpaired) electrons. The van der Waals surface area contributed by atoms with Gasteiger partial charge in [-0.15, -0.1) is 0 Å². The van der Waals surface area contributed by atoms with E-state index >= 15 is 0 Å². The summed E-state index contributed by atoms with van der Waals surface area (Å²) in [5, 5.41) is 10.5. The third-order valence-electron chi connectivity index (χ3n) is 3.27. The topological polar surface area (TPSA) is 40.5 Å². The van der Waals surface area contributed by atoms with Crippen molar-refractivity contribution in [3.8, 4) is 0 Å². The minimum Gasteiger partial charge on any atom is -0.480 e. The number of carboxylic acids is 1. The van der Waals surface area contributed by atoms with Gasteiger partial charge in [-0.25, -0.2) is 4.79 Å². The van der Waals surface area contributed by atoms with E-state index in [4.69, 9.17) is 23.2 Å². The van der Waals surface area contributed by atoms with Gasteiger partial charge < -0.3 is 5.11 Å². The molecule has 0 saturated carbocycles. The molecule has 0 saturated heterocycles. The van der Waals surface area contributed by atoms with Crippen molar-refractivity contribution in [2.45, 2.75) is 26.3 Å². The van der Waals surface area contributed by atoms with Crippen molar-refractivity contribution in [2.24, 2.45) is 0 Å². The molecule has 0 aromatic heterocycles. The minimum atomic E-state index is -1.18. The molecule has 0 aliphatic carbocycles. The van der Waals surface area contributed by atoms with Crippen molar-refractivity contribution in [3.05, 3.63) is 33.8 Å². The van der Waals surface area contributed by atoms with Crippen molar-refractivity contribution < 1.29 is 9.90 Å². The lowest BCUT2D eigenvalue weighted by molar-refractivity contribution is -0.151. The van der Waals surface area contributed by atoms with E-state index in [9.17, 15) is 9.90 Å². The van der Waals surface area contributed by atoms with Crippen LogP contribution in [0.25, 0.3) is 0 Å². The molecule has 0 fully saturated rings. The maximum Gasteiger partial charge on any atom is 0.328 e. The number of rotatable bonds is 5. The van der Waals surface area contributed by atoms with Crippen LogP contribution in [0.1, 0.15) is 26.3 Å². The van der Waals surface area contributed by atoms with Gasteiger partial charge in [-0.3, -0.25) is 4.90 Å². The van der Waals surface area contributed by atoms with Gasteiger partial charge in [0.2, 0.25) is 0 Å². The summed E-state index contributed by atoms with van der Waals surface area (Å²) in [5.41, 5.74) is -0.654. The van der Waals surface area contributed by atoms with Crippen molar-refractivity contribution in [3.63, 3.8) is 0 Å². The first-order chi connectivity index (χ1) is 8.37. The molecular weight excluding hydrogens is 273 g/mol. The van der Waals surface area contributed by atoms with Gasteiger partial charge in [0.1, 0.15) is 5.54 Å². The number of hydrogen-bond acceptors (Lipinski definition) is 2. The molecule has 0 spiro atoms. The highest BCUT2D eigenvalue weighted by Crippen LogP contribution is 2.35. The molecule has 1 N–H and O–H groups in total. The zero-order valence-corrected chi connectivity index (χ0v) is 12.2. The molecule has 1 rings (SSSR count). The summed E-state index contributed by atoms with van der Waals surface area (Å²) in [4.78, 5) is 13.5. The van der Waals surface area contributed by atoms with Crippen LogP contribution in [0.3, 0.4) is 0 Å². The summed E-state index contributed by atoms with van der Waals surface area (Å²) in [6.07, 6.45) is 0. The number of likely N-dealkylation sites (N-methyl/N-ethyl adjacent to an activating group) is 1. The molecule has 1 unspecified atom stereocenters. The highest BCUT2D eigenvalue weighted by Gasteiger charge is 2.41. The number of hydrogen-bond donors (Lipinski definition) is 1. The zero-order valence-electron chi connectivity index (χ0n) is 10.7. The zero-order chi connectivity index (χ0) is 13.9. The Labute approximate surface area is 117 Å². The summed E-state index contributed by atoms with van der Waals surface area (Å²) in [6.45, 7) is 6.72. The molecule has 0 amide bonds. The van der Waals surface area contributed by atoms with Crippen LogP contribution >= 0.6 is 23.2 Å². The number of carbonyl (C=O) groups is 1. The van der Waals surface area contributed by atoms with Crippen LogP contribution in [0.5, 0.6) is 0 Å². The molecule has 0 aliphatic rings. The van der Waals surface area contributed by atoms with E-state index in [0.717, 1.165) is 0 Å². The number of nitrogens with zero attached hydrogens (tertiary/aromatic N) is 1.